The van der Waals surface area contributed by atoms with Gasteiger partial charge in [0.25, 0.3) is 0 Å². The summed E-state index contributed by atoms with van der Waals surface area (Å²) in [6.07, 6.45) is 2.15. The highest BCUT2D eigenvalue weighted by atomic mass is 16.3. The molecule has 5 heteroatoms. The Morgan fingerprint density at radius 2 is 2.06 bits per heavy atom. The van der Waals surface area contributed by atoms with Crippen molar-refractivity contribution in [3.63, 3.8) is 0 Å². The van der Waals surface area contributed by atoms with Gasteiger partial charge in [-0.25, -0.2) is 0 Å². The van der Waals surface area contributed by atoms with Gasteiger partial charge in [0, 0.05) is 25.2 Å². The van der Waals surface area contributed by atoms with Gasteiger partial charge in [-0.3, -0.25) is 9.69 Å². The second-order valence-electron chi connectivity index (χ2n) is 5.17. The monoisotopic (exact) mass is 243 g/mol. The summed E-state index contributed by atoms with van der Waals surface area (Å²) in [5.74, 6) is 0.0358. The van der Waals surface area contributed by atoms with E-state index in [4.69, 9.17) is 5.73 Å². The maximum atomic E-state index is 11.7. The standard InChI is InChI=1S/C12H25N3O2/c1-9(7-10(2)16)14-12(17)8-15-5-3-11(13)4-6-15/h9-11,16H,3-8,13H2,1-2H3,(H,14,17). The molecule has 0 bridgehead atoms. The Morgan fingerprint density at radius 1 is 1.47 bits per heavy atom. The minimum Gasteiger partial charge on any atom is -0.393 e. The lowest BCUT2D eigenvalue weighted by Crippen LogP contribution is -2.46. The first-order chi connectivity index (χ1) is 7.97. The number of rotatable bonds is 5. The molecule has 100 valence electrons. The number of carbonyl (C=O) groups excluding carboxylic acids is 1. The fraction of sp³-hybridized carbons (Fsp3) is 0.917. The number of hydrogen-bond donors (Lipinski definition) is 3. The second-order valence-corrected chi connectivity index (χ2v) is 5.17. The van der Waals surface area contributed by atoms with Gasteiger partial charge in [-0.05, 0) is 33.1 Å². The lowest BCUT2D eigenvalue weighted by Gasteiger charge is -2.29. The number of piperidine rings is 1. The number of nitrogens with zero attached hydrogens (tertiary/aromatic N) is 1. The molecule has 1 aliphatic heterocycles. The molecule has 1 rings (SSSR count). The zero-order valence-corrected chi connectivity index (χ0v) is 10.9. The molecule has 0 spiro atoms. The van der Waals surface area contributed by atoms with Crippen LogP contribution in [0.15, 0.2) is 0 Å². The SMILES string of the molecule is CC(O)CC(C)NC(=O)CN1CCC(N)CC1. The largest absolute Gasteiger partial charge is 0.393 e. The third-order valence-corrected chi connectivity index (χ3v) is 3.10. The van der Waals surface area contributed by atoms with Crippen LogP contribution in [0.1, 0.15) is 33.1 Å². The third-order valence-electron chi connectivity index (χ3n) is 3.10. The van der Waals surface area contributed by atoms with Gasteiger partial charge in [0.2, 0.25) is 5.91 Å². The molecule has 1 fully saturated rings. The summed E-state index contributed by atoms with van der Waals surface area (Å²) < 4.78 is 0. The van der Waals surface area contributed by atoms with Crippen LogP contribution in [0.2, 0.25) is 0 Å². The predicted octanol–water partition coefficient (Wildman–Crippen LogP) is -0.315. The van der Waals surface area contributed by atoms with Crippen molar-refractivity contribution in [2.24, 2.45) is 5.73 Å². The van der Waals surface area contributed by atoms with Crippen LogP contribution < -0.4 is 11.1 Å². The highest BCUT2D eigenvalue weighted by Gasteiger charge is 2.19. The molecule has 2 atom stereocenters. The van der Waals surface area contributed by atoms with Crippen molar-refractivity contribution in [3.8, 4) is 0 Å². The molecule has 0 aromatic heterocycles. The smallest absolute Gasteiger partial charge is 0.234 e. The summed E-state index contributed by atoms with van der Waals surface area (Å²) in [6.45, 7) is 5.89. The first-order valence-corrected chi connectivity index (χ1v) is 6.42. The van der Waals surface area contributed by atoms with Gasteiger partial charge >= 0.3 is 0 Å². The summed E-state index contributed by atoms with van der Waals surface area (Å²) in [5, 5.41) is 12.1. The summed E-state index contributed by atoms with van der Waals surface area (Å²) in [6, 6.07) is 0.318. The van der Waals surface area contributed by atoms with Gasteiger partial charge in [0.15, 0.2) is 0 Å². The van der Waals surface area contributed by atoms with Crippen molar-refractivity contribution in [3.05, 3.63) is 0 Å². The number of carbonyl (C=O) groups is 1. The average molecular weight is 243 g/mol. The van der Waals surface area contributed by atoms with Crippen LogP contribution in [0.25, 0.3) is 0 Å². The number of aliphatic hydroxyl groups is 1. The van der Waals surface area contributed by atoms with E-state index in [2.05, 4.69) is 10.2 Å². The number of likely N-dealkylation sites (tertiary alicyclic amines) is 1. The lowest BCUT2D eigenvalue weighted by molar-refractivity contribution is -0.123. The number of nitrogens with two attached hydrogens (primary N) is 1. The molecule has 0 aromatic rings. The van der Waals surface area contributed by atoms with Crippen molar-refractivity contribution < 1.29 is 9.90 Å². The van der Waals surface area contributed by atoms with E-state index in [0.717, 1.165) is 25.9 Å². The van der Waals surface area contributed by atoms with Gasteiger partial charge in [-0.2, -0.15) is 0 Å². The van der Waals surface area contributed by atoms with Gasteiger partial charge in [-0.1, -0.05) is 0 Å². The van der Waals surface area contributed by atoms with Gasteiger partial charge in [0.05, 0.1) is 12.6 Å². The quantitative estimate of drug-likeness (QED) is 0.618. The molecule has 4 N–H and O–H groups in total. The van der Waals surface area contributed by atoms with E-state index in [1.165, 1.54) is 0 Å². The van der Waals surface area contributed by atoms with Crippen LogP contribution in [0.3, 0.4) is 0 Å². The second kappa shape index (κ2) is 6.93. The van der Waals surface area contributed by atoms with Gasteiger partial charge < -0.3 is 16.2 Å². The zero-order valence-electron chi connectivity index (χ0n) is 10.9. The Hall–Kier alpha value is -0.650. The normalized spacial score (nSPS) is 22.1. The van der Waals surface area contributed by atoms with Crippen LogP contribution in [0, 0.1) is 0 Å². The number of amides is 1. The Balaban J connectivity index is 2.20. The summed E-state index contributed by atoms with van der Waals surface area (Å²) >= 11 is 0. The lowest BCUT2D eigenvalue weighted by atomic mass is 10.1. The third kappa shape index (κ3) is 6.00. The fourth-order valence-corrected chi connectivity index (χ4v) is 2.21. The van der Waals surface area contributed by atoms with Crippen LogP contribution in [-0.4, -0.2) is 53.7 Å². The van der Waals surface area contributed by atoms with Crippen molar-refractivity contribution in [2.75, 3.05) is 19.6 Å². The van der Waals surface area contributed by atoms with Crippen LogP contribution >= 0.6 is 0 Å². The minimum atomic E-state index is -0.377. The molecular weight excluding hydrogens is 218 g/mol. The molecule has 5 nitrogen and oxygen atoms in total. The van der Waals surface area contributed by atoms with E-state index >= 15 is 0 Å². The van der Waals surface area contributed by atoms with Crippen molar-refractivity contribution in [1.82, 2.24) is 10.2 Å². The van der Waals surface area contributed by atoms with Gasteiger partial charge in [-0.15, -0.1) is 0 Å². The summed E-state index contributed by atoms with van der Waals surface area (Å²) in [5.41, 5.74) is 5.81. The molecule has 0 aliphatic carbocycles. The fourth-order valence-electron chi connectivity index (χ4n) is 2.21. The van der Waals surface area contributed by atoms with Crippen molar-refractivity contribution in [2.45, 2.75) is 51.3 Å². The number of nitrogens with one attached hydrogen (secondary N) is 1. The average Bonchev–Trinajstić information content (AvgIpc) is 2.19. The van der Waals surface area contributed by atoms with Crippen molar-refractivity contribution >= 4 is 5.91 Å². The van der Waals surface area contributed by atoms with E-state index in [0.29, 0.717) is 19.0 Å². The Bertz CT molecular complexity index is 238. The van der Waals surface area contributed by atoms with Crippen molar-refractivity contribution in [1.29, 1.82) is 0 Å². The molecule has 1 aliphatic rings. The molecule has 0 radical (unpaired) electrons. The minimum absolute atomic E-state index is 0.0227. The van der Waals surface area contributed by atoms with E-state index in [1.807, 2.05) is 6.92 Å². The zero-order chi connectivity index (χ0) is 12.8. The topological polar surface area (TPSA) is 78.6 Å². The van der Waals surface area contributed by atoms with Crippen LogP contribution in [0.5, 0.6) is 0 Å². The first kappa shape index (κ1) is 14.4. The van der Waals surface area contributed by atoms with Gasteiger partial charge in [0.1, 0.15) is 0 Å². The maximum absolute atomic E-state index is 11.7. The van der Waals surface area contributed by atoms with E-state index in [1.54, 1.807) is 6.92 Å². The predicted molar refractivity (Wildman–Crippen MR) is 67.6 cm³/mol. The summed E-state index contributed by atoms with van der Waals surface area (Å²) in [4.78, 5) is 13.9. The Labute approximate surface area is 103 Å². The van der Waals surface area contributed by atoms with E-state index < -0.39 is 0 Å². The molecule has 2 unspecified atom stereocenters. The van der Waals surface area contributed by atoms with E-state index in [9.17, 15) is 9.90 Å². The Kier molecular flexibility index (Phi) is 5.88. The van der Waals surface area contributed by atoms with Crippen LogP contribution in [0.4, 0.5) is 0 Å². The maximum Gasteiger partial charge on any atom is 0.234 e. The van der Waals surface area contributed by atoms with E-state index in [-0.39, 0.29) is 18.1 Å². The Morgan fingerprint density at radius 3 is 2.59 bits per heavy atom. The molecule has 1 amide bonds. The summed E-state index contributed by atoms with van der Waals surface area (Å²) in [7, 11) is 0. The molecule has 1 heterocycles. The highest BCUT2D eigenvalue weighted by molar-refractivity contribution is 5.78. The molecule has 0 aromatic carbocycles. The first-order valence-electron chi connectivity index (χ1n) is 6.42. The highest BCUT2D eigenvalue weighted by Crippen LogP contribution is 2.07. The molecule has 1 saturated heterocycles. The number of aliphatic hydroxyl groups excluding tert-OH is 1. The van der Waals surface area contributed by atoms with Crippen LogP contribution in [-0.2, 0) is 4.79 Å². The molecule has 17 heavy (non-hydrogen) atoms. The molecule has 0 saturated carbocycles. The molecular formula is C12H25N3O2. The number of hydrogen-bond acceptors (Lipinski definition) is 4.